The highest BCUT2D eigenvalue weighted by atomic mass is 16.5. The summed E-state index contributed by atoms with van der Waals surface area (Å²) in [5.74, 6) is 7.18. The molecule has 8 nitrogen and oxygen atoms in total. The van der Waals surface area contributed by atoms with E-state index in [1.807, 2.05) is 31.2 Å². The van der Waals surface area contributed by atoms with Crippen LogP contribution in [-0.2, 0) is 11.8 Å². The molecule has 1 aromatic heterocycles. The summed E-state index contributed by atoms with van der Waals surface area (Å²) < 4.78 is 12.8. The maximum atomic E-state index is 13.0. The first kappa shape index (κ1) is 26.3. The quantitative estimate of drug-likeness (QED) is 0.409. The number of nitrogens with zero attached hydrogens (tertiary/aromatic N) is 3. The lowest BCUT2D eigenvalue weighted by atomic mass is 10.1. The Labute approximate surface area is 219 Å². The second kappa shape index (κ2) is 12.9. The Morgan fingerprint density at radius 2 is 1.92 bits per heavy atom. The van der Waals surface area contributed by atoms with Crippen LogP contribution >= 0.6 is 0 Å². The number of hydrogen-bond acceptors (Lipinski definition) is 6. The van der Waals surface area contributed by atoms with E-state index in [0.717, 1.165) is 24.3 Å². The molecule has 1 saturated heterocycles. The lowest BCUT2D eigenvalue weighted by Gasteiger charge is -2.15. The number of aryl methyl sites for hydroxylation is 1. The van der Waals surface area contributed by atoms with Crippen LogP contribution in [0.2, 0.25) is 0 Å². The lowest BCUT2D eigenvalue weighted by Crippen LogP contribution is -2.25. The molecule has 0 spiro atoms. The van der Waals surface area contributed by atoms with Gasteiger partial charge in [0.15, 0.2) is 5.82 Å². The van der Waals surface area contributed by atoms with Crippen molar-refractivity contribution in [3.63, 3.8) is 0 Å². The predicted octanol–water partition coefficient (Wildman–Crippen LogP) is 3.99. The van der Waals surface area contributed by atoms with Gasteiger partial charge in [-0.15, -0.1) is 0 Å². The molecule has 2 N–H and O–H groups in total. The average molecular weight is 502 g/mol. The predicted molar refractivity (Wildman–Crippen MR) is 146 cm³/mol. The minimum atomic E-state index is -0.282. The number of carbonyl (C=O) groups excluding carboxylic acids is 1. The lowest BCUT2D eigenvalue weighted by molar-refractivity contribution is 0.0917. The number of hydrogen-bond donors (Lipinski definition) is 2. The number of anilines is 2. The molecule has 194 valence electrons. The van der Waals surface area contributed by atoms with E-state index in [9.17, 15) is 4.79 Å². The topological polar surface area (TPSA) is 80.7 Å². The molecule has 0 radical (unpaired) electrons. The van der Waals surface area contributed by atoms with Gasteiger partial charge in [0.1, 0.15) is 11.9 Å². The zero-order valence-electron chi connectivity index (χ0n) is 21.8. The van der Waals surface area contributed by atoms with Crippen molar-refractivity contribution < 1.29 is 14.3 Å². The van der Waals surface area contributed by atoms with Crippen LogP contribution in [0.1, 0.15) is 41.3 Å². The van der Waals surface area contributed by atoms with Gasteiger partial charge in [-0.25, -0.2) is 0 Å². The number of ether oxygens (including phenoxy) is 2. The number of likely N-dealkylation sites (tertiary alicyclic amines) is 1. The number of amides is 1. The van der Waals surface area contributed by atoms with Crippen molar-refractivity contribution in [3.8, 4) is 17.6 Å². The first-order valence-electron chi connectivity index (χ1n) is 12.7. The van der Waals surface area contributed by atoms with E-state index in [2.05, 4.69) is 38.5 Å². The third-order valence-electron chi connectivity index (χ3n) is 6.03. The van der Waals surface area contributed by atoms with Gasteiger partial charge in [-0.05, 0) is 69.3 Å². The molecule has 3 aromatic rings. The molecule has 1 atom stereocenters. The number of rotatable bonds is 10. The van der Waals surface area contributed by atoms with Crippen molar-refractivity contribution in [2.24, 2.45) is 7.05 Å². The van der Waals surface area contributed by atoms with Crippen LogP contribution in [0.3, 0.4) is 0 Å². The smallest absolute Gasteiger partial charge is 0.257 e. The Morgan fingerprint density at radius 1 is 1.11 bits per heavy atom. The van der Waals surface area contributed by atoms with Crippen LogP contribution in [0.4, 0.5) is 11.5 Å². The second-order valence-electron chi connectivity index (χ2n) is 9.26. The minimum Gasteiger partial charge on any atom is -0.488 e. The first-order chi connectivity index (χ1) is 18.0. The number of nitrogens with one attached hydrogen (secondary N) is 2. The monoisotopic (exact) mass is 501 g/mol. The van der Waals surface area contributed by atoms with E-state index in [1.54, 1.807) is 43.2 Å². The molecule has 2 aromatic carbocycles. The number of benzene rings is 2. The fraction of sp³-hybridized carbons (Fsp3) is 0.379. The van der Waals surface area contributed by atoms with E-state index in [0.29, 0.717) is 29.3 Å². The highest BCUT2D eigenvalue weighted by molar-refractivity contribution is 6.04. The van der Waals surface area contributed by atoms with Crippen molar-refractivity contribution in [2.45, 2.75) is 25.9 Å². The number of carbonyl (C=O) groups is 1. The van der Waals surface area contributed by atoms with Crippen LogP contribution in [0, 0.1) is 11.8 Å². The van der Waals surface area contributed by atoms with Gasteiger partial charge in [-0.3, -0.25) is 9.48 Å². The summed E-state index contributed by atoms with van der Waals surface area (Å²) >= 11 is 0. The zero-order chi connectivity index (χ0) is 26.0. The molecule has 8 heteroatoms. The average Bonchev–Trinajstić information content (AvgIpc) is 3.55. The normalized spacial score (nSPS) is 14.0. The highest BCUT2D eigenvalue weighted by Crippen LogP contribution is 2.20. The number of methoxy groups -OCH3 is 1. The summed E-state index contributed by atoms with van der Waals surface area (Å²) in [6.45, 7) is 6.70. The van der Waals surface area contributed by atoms with Gasteiger partial charge in [0.25, 0.3) is 5.91 Å². The summed E-state index contributed by atoms with van der Waals surface area (Å²) in [5.41, 5.74) is 3.06. The molecule has 1 amide bonds. The number of aromatic nitrogens is 2. The molecule has 0 saturated carbocycles. The van der Waals surface area contributed by atoms with Crippen LogP contribution in [0.15, 0.2) is 54.7 Å². The van der Waals surface area contributed by atoms with Crippen LogP contribution in [0.25, 0.3) is 0 Å². The van der Waals surface area contributed by atoms with E-state index in [4.69, 9.17) is 9.47 Å². The molecule has 1 fully saturated rings. The van der Waals surface area contributed by atoms with Gasteiger partial charge in [0.05, 0.1) is 6.61 Å². The molecule has 37 heavy (non-hydrogen) atoms. The molecule has 0 bridgehead atoms. The Balaban J connectivity index is 1.50. The van der Waals surface area contributed by atoms with Crippen molar-refractivity contribution in [1.82, 2.24) is 14.7 Å². The van der Waals surface area contributed by atoms with Crippen molar-refractivity contribution >= 4 is 17.4 Å². The Hall–Kier alpha value is -3.80. The molecule has 4 rings (SSSR count). The third-order valence-corrected chi connectivity index (χ3v) is 6.03. The fourth-order valence-electron chi connectivity index (χ4n) is 4.26. The third kappa shape index (κ3) is 8.10. The van der Waals surface area contributed by atoms with Crippen LogP contribution < -0.4 is 15.4 Å². The molecular formula is C29H35N5O3. The van der Waals surface area contributed by atoms with Gasteiger partial charge in [0, 0.05) is 61.9 Å². The van der Waals surface area contributed by atoms with Crippen LogP contribution in [-0.4, -0.2) is 66.6 Å². The highest BCUT2D eigenvalue weighted by Gasteiger charge is 2.13. The summed E-state index contributed by atoms with van der Waals surface area (Å²) in [5, 5.41) is 10.5. The Bertz CT molecular complexity index is 1250. The molecule has 0 aliphatic carbocycles. The van der Waals surface area contributed by atoms with Gasteiger partial charge >= 0.3 is 0 Å². The standard InChI is InChI=1S/C29H35N5O3/c1-22(21-36-3)37-27-19-24(17-25(20-27)29(35)31-28-11-15-33(2)32-28)10-9-23-7-6-8-26(18-23)30-12-16-34-13-4-5-14-34/h6-8,11,15,17-20,22,30H,4-5,12-14,16,21H2,1-3H3,(H,31,32,35)/t22-/m0/s1. The molecule has 1 aliphatic heterocycles. The first-order valence-corrected chi connectivity index (χ1v) is 12.7. The van der Waals surface area contributed by atoms with E-state index < -0.39 is 0 Å². The van der Waals surface area contributed by atoms with Gasteiger partial charge in [-0.2, -0.15) is 5.10 Å². The summed E-state index contributed by atoms with van der Waals surface area (Å²) in [6, 6.07) is 15.1. The van der Waals surface area contributed by atoms with Crippen molar-refractivity contribution in [3.05, 3.63) is 71.4 Å². The summed E-state index contributed by atoms with van der Waals surface area (Å²) in [6.07, 6.45) is 4.20. The molecular weight excluding hydrogens is 466 g/mol. The Kier molecular flexibility index (Phi) is 9.19. The van der Waals surface area contributed by atoms with Crippen molar-refractivity contribution in [2.75, 3.05) is 50.5 Å². The fourth-order valence-corrected chi connectivity index (χ4v) is 4.26. The maximum Gasteiger partial charge on any atom is 0.257 e. The van der Waals surface area contributed by atoms with E-state index in [1.165, 1.54) is 25.9 Å². The Morgan fingerprint density at radius 3 is 2.68 bits per heavy atom. The molecule has 1 aliphatic rings. The van der Waals surface area contributed by atoms with Gasteiger partial charge < -0.3 is 25.0 Å². The molecule has 2 heterocycles. The minimum absolute atomic E-state index is 0.178. The van der Waals surface area contributed by atoms with Gasteiger partial charge in [0.2, 0.25) is 0 Å². The largest absolute Gasteiger partial charge is 0.488 e. The van der Waals surface area contributed by atoms with Crippen molar-refractivity contribution in [1.29, 1.82) is 0 Å². The zero-order valence-corrected chi connectivity index (χ0v) is 21.8. The summed E-state index contributed by atoms with van der Waals surface area (Å²) in [7, 11) is 3.43. The summed E-state index contributed by atoms with van der Waals surface area (Å²) in [4.78, 5) is 15.4. The van der Waals surface area contributed by atoms with Gasteiger partial charge in [-0.1, -0.05) is 17.9 Å². The molecule has 0 unspecified atom stereocenters. The maximum absolute atomic E-state index is 13.0. The SMILES string of the molecule is COC[C@H](C)Oc1cc(C#Cc2cccc(NCCN3CCCC3)c2)cc(C(=O)Nc2ccn(C)n2)c1. The second-order valence-corrected chi connectivity index (χ2v) is 9.26. The van der Waals surface area contributed by atoms with E-state index >= 15 is 0 Å². The van der Waals surface area contributed by atoms with E-state index in [-0.39, 0.29) is 12.0 Å². The van der Waals surface area contributed by atoms with Crippen LogP contribution in [0.5, 0.6) is 5.75 Å².